The van der Waals surface area contributed by atoms with Crippen molar-refractivity contribution in [3.8, 4) is 0 Å². The van der Waals surface area contributed by atoms with Gasteiger partial charge in [0.25, 0.3) is 0 Å². The summed E-state index contributed by atoms with van der Waals surface area (Å²) in [5.74, 6) is 0. The average molecular weight is 288 g/mol. The molecule has 1 aromatic rings. The Hall–Kier alpha value is -1.22. The minimum absolute atomic E-state index is 0.000472. The maximum Gasteiger partial charge on any atom is 0.304 e. The first kappa shape index (κ1) is 14.2. The highest BCUT2D eigenvalue weighted by atomic mass is 32.1. The minimum Gasteiger partial charge on any atom is -0.394 e. The SMILES string of the molecule is C[C@H](O)c1cc([N+](=O)[O-])c(N2CCOC(CO)C2)s1. The second kappa shape index (κ2) is 5.83. The van der Waals surface area contributed by atoms with Gasteiger partial charge in [-0.3, -0.25) is 10.1 Å². The second-order valence-electron chi connectivity index (χ2n) is 4.39. The Bertz CT molecular complexity index is 462. The van der Waals surface area contributed by atoms with E-state index in [2.05, 4.69) is 0 Å². The third kappa shape index (κ3) is 3.03. The molecular formula is C11H16N2O5S. The van der Waals surface area contributed by atoms with Gasteiger partial charge in [-0.15, -0.1) is 11.3 Å². The Labute approximate surface area is 114 Å². The van der Waals surface area contributed by atoms with Crippen molar-refractivity contribution < 1.29 is 19.9 Å². The van der Waals surface area contributed by atoms with E-state index < -0.39 is 11.0 Å². The molecule has 0 aliphatic carbocycles. The van der Waals surface area contributed by atoms with Crippen molar-refractivity contribution in [2.75, 3.05) is 31.2 Å². The van der Waals surface area contributed by atoms with Crippen LogP contribution in [-0.2, 0) is 4.74 Å². The topological polar surface area (TPSA) is 96.1 Å². The molecule has 7 nitrogen and oxygen atoms in total. The van der Waals surface area contributed by atoms with Crippen molar-refractivity contribution in [1.82, 2.24) is 0 Å². The van der Waals surface area contributed by atoms with Crippen molar-refractivity contribution in [2.24, 2.45) is 0 Å². The molecule has 1 fully saturated rings. The molecule has 8 heteroatoms. The zero-order valence-electron chi connectivity index (χ0n) is 10.5. The zero-order chi connectivity index (χ0) is 14.0. The number of aliphatic hydroxyl groups excluding tert-OH is 2. The first-order valence-corrected chi connectivity index (χ1v) is 6.78. The Morgan fingerprint density at radius 2 is 2.47 bits per heavy atom. The number of thiophene rings is 1. The van der Waals surface area contributed by atoms with E-state index in [1.165, 1.54) is 17.4 Å². The first-order chi connectivity index (χ1) is 9.02. The molecule has 2 heterocycles. The van der Waals surface area contributed by atoms with Crippen LogP contribution in [0.15, 0.2) is 6.07 Å². The number of morpholine rings is 1. The fourth-order valence-corrected chi connectivity index (χ4v) is 3.06. The van der Waals surface area contributed by atoms with Crippen LogP contribution in [-0.4, -0.2) is 47.5 Å². The highest BCUT2D eigenvalue weighted by Crippen LogP contribution is 2.40. The first-order valence-electron chi connectivity index (χ1n) is 5.96. The van der Waals surface area contributed by atoms with E-state index >= 15 is 0 Å². The Morgan fingerprint density at radius 3 is 3.05 bits per heavy atom. The maximum atomic E-state index is 11.1. The maximum absolute atomic E-state index is 11.1. The van der Waals surface area contributed by atoms with Gasteiger partial charge in [0.15, 0.2) is 5.00 Å². The number of rotatable bonds is 4. The van der Waals surface area contributed by atoms with Gasteiger partial charge in [0.1, 0.15) is 0 Å². The third-order valence-electron chi connectivity index (χ3n) is 2.95. The van der Waals surface area contributed by atoms with Crippen LogP contribution in [0.4, 0.5) is 10.7 Å². The molecule has 106 valence electrons. The predicted molar refractivity (Wildman–Crippen MR) is 70.6 cm³/mol. The quantitative estimate of drug-likeness (QED) is 0.631. The summed E-state index contributed by atoms with van der Waals surface area (Å²) >= 11 is 1.21. The number of hydrogen-bond donors (Lipinski definition) is 2. The number of hydrogen-bond acceptors (Lipinski definition) is 7. The van der Waals surface area contributed by atoms with Crippen LogP contribution in [0.1, 0.15) is 17.9 Å². The van der Waals surface area contributed by atoms with Gasteiger partial charge in [-0.25, -0.2) is 0 Å². The largest absolute Gasteiger partial charge is 0.394 e. The van der Waals surface area contributed by atoms with E-state index in [4.69, 9.17) is 9.84 Å². The van der Waals surface area contributed by atoms with Gasteiger partial charge in [-0.1, -0.05) is 0 Å². The number of ether oxygens (including phenoxy) is 1. The van der Waals surface area contributed by atoms with Gasteiger partial charge in [0, 0.05) is 24.0 Å². The average Bonchev–Trinajstić information content (AvgIpc) is 2.84. The molecule has 0 amide bonds. The lowest BCUT2D eigenvalue weighted by atomic mass is 10.2. The van der Waals surface area contributed by atoms with E-state index in [9.17, 15) is 15.2 Å². The lowest BCUT2D eigenvalue weighted by molar-refractivity contribution is -0.383. The lowest BCUT2D eigenvalue weighted by Crippen LogP contribution is -2.43. The molecule has 0 saturated carbocycles. The minimum atomic E-state index is -0.730. The van der Waals surface area contributed by atoms with E-state index in [1.807, 2.05) is 4.90 Å². The number of nitro groups is 1. The summed E-state index contributed by atoms with van der Waals surface area (Å²) in [5, 5.41) is 30.2. The molecular weight excluding hydrogens is 272 g/mol. The summed E-state index contributed by atoms with van der Waals surface area (Å²) in [6, 6.07) is 1.41. The molecule has 1 unspecified atom stereocenters. The molecule has 0 aromatic carbocycles. The molecule has 2 N–H and O–H groups in total. The molecule has 19 heavy (non-hydrogen) atoms. The van der Waals surface area contributed by atoms with Crippen LogP contribution >= 0.6 is 11.3 Å². The number of anilines is 1. The highest BCUT2D eigenvalue weighted by Gasteiger charge is 2.29. The molecule has 0 bridgehead atoms. The van der Waals surface area contributed by atoms with Crippen LogP contribution < -0.4 is 4.90 Å². The lowest BCUT2D eigenvalue weighted by Gasteiger charge is -2.32. The molecule has 0 spiro atoms. The standard InChI is InChI=1S/C11H16N2O5S/c1-7(15)10-4-9(13(16)17)11(19-10)12-2-3-18-8(5-12)6-14/h4,7-8,14-15H,2-3,5-6H2,1H3/t7-,8?/m0/s1. The fraction of sp³-hybridized carbons (Fsp3) is 0.636. The summed E-state index contributed by atoms with van der Waals surface area (Å²) in [5.41, 5.74) is -0.000472. The Balaban J connectivity index is 2.29. The molecule has 1 saturated heterocycles. The van der Waals surface area contributed by atoms with Crippen molar-refractivity contribution >= 4 is 22.0 Å². The highest BCUT2D eigenvalue weighted by molar-refractivity contribution is 7.16. The van der Waals surface area contributed by atoms with Crippen molar-refractivity contribution in [3.05, 3.63) is 21.1 Å². The monoisotopic (exact) mass is 288 g/mol. The predicted octanol–water partition coefficient (Wildman–Crippen LogP) is 0.907. The van der Waals surface area contributed by atoms with E-state index in [0.717, 1.165) is 0 Å². The van der Waals surface area contributed by atoms with E-state index in [-0.39, 0.29) is 18.4 Å². The van der Waals surface area contributed by atoms with E-state index in [1.54, 1.807) is 6.92 Å². The van der Waals surface area contributed by atoms with E-state index in [0.29, 0.717) is 29.6 Å². The van der Waals surface area contributed by atoms with Crippen LogP contribution in [0.5, 0.6) is 0 Å². The Kier molecular flexibility index (Phi) is 4.35. The van der Waals surface area contributed by atoms with Crippen molar-refractivity contribution in [2.45, 2.75) is 19.1 Å². The fourth-order valence-electron chi connectivity index (χ4n) is 1.97. The number of aliphatic hydroxyl groups is 2. The summed E-state index contributed by atoms with van der Waals surface area (Å²) in [6.07, 6.45) is -1.06. The van der Waals surface area contributed by atoms with Crippen LogP contribution in [0, 0.1) is 10.1 Å². The molecule has 1 aliphatic heterocycles. The molecule has 2 atom stereocenters. The summed E-state index contributed by atoms with van der Waals surface area (Å²) in [7, 11) is 0. The summed E-state index contributed by atoms with van der Waals surface area (Å²) < 4.78 is 5.33. The molecule has 0 radical (unpaired) electrons. The summed E-state index contributed by atoms with van der Waals surface area (Å²) in [4.78, 5) is 13.0. The van der Waals surface area contributed by atoms with Gasteiger partial charge < -0.3 is 19.8 Å². The normalized spacial score (nSPS) is 21.4. The van der Waals surface area contributed by atoms with Crippen LogP contribution in [0.25, 0.3) is 0 Å². The smallest absolute Gasteiger partial charge is 0.304 e. The van der Waals surface area contributed by atoms with Gasteiger partial charge in [-0.05, 0) is 6.92 Å². The second-order valence-corrected chi connectivity index (χ2v) is 5.46. The number of nitrogens with zero attached hydrogens (tertiary/aromatic N) is 2. The molecule has 1 aliphatic rings. The van der Waals surface area contributed by atoms with Crippen molar-refractivity contribution in [1.29, 1.82) is 0 Å². The molecule has 1 aromatic heterocycles. The van der Waals surface area contributed by atoms with Crippen molar-refractivity contribution in [3.63, 3.8) is 0 Å². The Morgan fingerprint density at radius 1 is 1.74 bits per heavy atom. The third-order valence-corrected chi connectivity index (χ3v) is 4.31. The summed E-state index contributed by atoms with van der Waals surface area (Å²) in [6.45, 7) is 2.84. The van der Waals surface area contributed by atoms with Gasteiger partial charge in [0.05, 0.1) is 30.3 Å². The molecule has 2 rings (SSSR count). The van der Waals surface area contributed by atoms with Gasteiger partial charge in [0.2, 0.25) is 0 Å². The van der Waals surface area contributed by atoms with Gasteiger partial charge >= 0.3 is 5.69 Å². The zero-order valence-corrected chi connectivity index (χ0v) is 11.3. The van der Waals surface area contributed by atoms with Gasteiger partial charge in [-0.2, -0.15) is 0 Å². The van der Waals surface area contributed by atoms with Crippen LogP contribution in [0.2, 0.25) is 0 Å². The van der Waals surface area contributed by atoms with Crippen LogP contribution in [0.3, 0.4) is 0 Å².